The van der Waals surface area contributed by atoms with E-state index in [9.17, 15) is 14.7 Å². The van der Waals surface area contributed by atoms with Crippen molar-refractivity contribution in [3.8, 4) is 11.5 Å². The summed E-state index contributed by atoms with van der Waals surface area (Å²) < 4.78 is 5.11. The minimum absolute atomic E-state index is 0.00995. The van der Waals surface area contributed by atoms with Crippen LogP contribution in [0.5, 0.6) is 11.5 Å². The lowest BCUT2D eigenvalue weighted by Crippen LogP contribution is -2.21. The summed E-state index contributed by atoms with van der Waals surface area (Å²) in [6.45, 7) is 0. The highest BCUT2D eigenvalue weighted by molar-refractivity contribution is 6.05. The number of phenolic OH excluding ortho intramolecular Hbond substituents is 1. The number of aromatic hydroxyl groups is 1. The lowest BCUT2D eigenvalue weighted by atomic mass is 10.1. The summed E-state index contributed by atoms with van der Waals surface area (Å²) in [6.07, 6.45) is 1.37. The molecule has 0 unspecified atom stereocenters. The number of phenols is 1. The maximum atomic E-state index is 12.5. The number of carbonyl (C=O) groups excluding carboxylic acids is 1. The van der Waals surface area contributed by atoms with E-state index in [0.717, 1.165) is 0 Å². The Morgan fingerprint density at radius 3 is 2.61 bits per heavy atom. The van der Waals surface area contributed by atoms with Crippen LogP contribution >= 0.6 is 0 Å². The first-order valence-corrected chi connectivity index (χ1v) is 6.88. The van der Waals surface area contributed by atoms with E-state index in [2.05, 4.69) is 10.3 Å². The average molecular weight is 310 g/mol. The summed E-state index contributed by atoms with van der Waals surface area (Å²) in [6, 6.07) is 11.0. The molecule has 0 bridgehead atoms. The molecule has 116 valence electrons. The normalized spacial score (nSPS) is 10.5. The van der Waals surface area contributed by atoms with Crippen LogP contribution in [0.2, 0.25) is 0 Å². The molecule has 6 heteroatoms. The number of nitrogens with one attached hydrogen (secondary N) is 2. The van der Waals surface area contributed by atoms with Crippen molar-refractivity contribution in [2.24, 2.45) is 0 Å². The Morgan fingerprint density at radius 1 is 1.17 bits per heavy atom. The number of ether oxygens (including phenoxy) is 1. The van der Waals surface area contributed by atoms with Crippen LogP contribution in [0.4, 0.5) is 5.69 Å². The van der Waals surface area contributed by atoms with Gasteiger partial charge in [0.25, 0.3) is 5.91 Å². The molecule has 0 saturated heterocycles. The van der Waals surface area contributed by atoms with Crippen LogP contribution in [-0.4, -0.2) is 23.1 Å². The molecule has 0 aliphatic carbocycles. The van der Waals surface area contributed by atoms with Crippen LogP contribution < -0.4 is 15.5 Å². The summed E-state index contributed by atoms with van der Waals surface area (Å²) in [5.41, 5.74) is 0.728. The van der Waals surface area contributed by atoms with Gasteiger partial charge in [0, 0.05) is 23.3 Å². The monoisotopic (exact) mass is 310 g/mol. The molecule has 0 radical (unpaired) electrons. The van der Waals surface area contributed by atoms with Gasteiger partial charge in [0.2, 0.25) is 5.43 Å². The van der Waals surface area contributed by atoms with E-state index in [0.29, 0.717) is 22.3 Å². The number of pyridine rings is 1. The Bertz CT molecular complexity index is 929. The SMILES string of the molecule is COc1ccc2c(=O)c(C(=O)Nc3ccc(O)cc3)c[nH]c2c1. The number of amides is 1. The first kappa shape index (κ1) is 14.6. The van der Waals surface area contributed by atoms with Crippen LogP contribution in [0.15, 0.2) is 53.5 Å². The predicted octanol–water partition coefficient (Wildman–Crippen LogP) is 2.49. The maximum Gasteiger partial charge on any atom is 0.261 e. The molecule has 3 N–H and O–H groups in total. The Kier molecular flexibility index (Phi) is 3.72. The topological polar surface area (TPSA) is 91.4 Å². The Balaban J connectivity index is 1.96. The predicted molar refractivity (Wildman–Crippen MR) is 87.2 cm³/mol. The fourth-order valence-electron chi connectivity index (χ4n) is 2.24. The number of aromatic nitrogens is 1. The van der Waals surface area contributed by atoms with Crippen LogP contribution in [0.1, 0.15) is 10.4 Å². The fraction of sp³-hybridized carbons (Fsp3) is 0.0588. The van der Waals surface area contributed by atoms with Crippen molar-refractivity contribution in [1.82, 2.24) is 4.98 Å². The summed E-state index contributed by atoms with van der Waals surface area (Å²) in [4.78, 5) is 27.7. The maximum absolute atomic E-state index is 12.5. The number of rotatable bonds is 3. The molecule has 0 fully saturated rings. The number of H-pyrrole nitrogens is 1. The molecule has 0 spiro atoms. The summed E-state index contributed by atoms with van der Waals surface area (Å²) in [5, 5.41) is 12.3. The molecule has 0 aliphatic rings. The van der Waals surface area contributed by atoms with E-state index in [1.165, 1.54) is 18.3 Å². The first-order chi connectivity index (χ1) is 11.1. The van der Waals surface area contributed by atoms with Crippen molar-refractivity contribution >= 4 is 22.5 Å². The molecule has 6 nitrogen and oxygen atoms in total. The third kappa shape index (κ3) is 2.87. The Morgan fingerprint density at radius 2 is 1.91 bits per heavy atom. The number of methoxy groups -OCH3 is 1. The minimum Gasteiger partial charge on any atom is -0.508 e. The molecule has 3 rings (SSSR count). The number of hydrogen-bond donors (Lipinski definition) is 3. The molecule has 0 aliphatic heterocycles. The highest BCUT2D eigenvalue weighted by atomic mass is 16.5. The second kappa shape index (κ2) is 5.84. The summed E-state index contributed by atoms with van der Waals surface area (Å²) >= 11 is 0. The number of hydrogen-bond acceptors (Lipinski definition) is 4. The molecule has 0 atom stereocenters. The lowest BCUT2D eigenvalue weighted by molar-refractivity contribution is 0.102. The van der Waals surface area contributed by atoms with Gasteiger partial charge >= 0.3 is 0 Å². The summed E-state index contributed by atoms with van der Waals surface area (Å²) in [7, 11) is 1.54. The van der Waals surface area contributed by atoms with Gasteiger partial charge in [-0.3, -0.25) is 9.59 Å². The van der Waals surface area contributed by atoms with Gasteiger partial charge in [-0.1, -0.05) is 0 Å². The van der Waals surface area contributed by atoms with Crippen molar-refractivity contribution in [2.75, 3.05) is 12.4 Å². The quantitative estimate of drug-likeness (QED) is 0.648. The molecule has 1 amide bonds. The highest BCUT2D eigenvalue weighted by Crippen LogP contribution is 2.18. The molecule has 0 saturated carbocycles. The number of carbonyl (C=O) groups is 1. The van der Waals surface area contributed by atoms with E-state index in [4.69, 9.17) is 4.74 Å². The van der Waals surface area contributed by atoms with Crippen LogP contribution in [0, 0.1) is 0 Å². The number of aromatic amines is 1. The zero-order chi connectivity index (χ0) is 16.4. The first-order valence-electron chi connectivity index (χ1n) is 6.88. The van der Waals surface area contributed by atoms with Gasteiger partial charge in [-0.25, -0.2) is 0 Å². The third-order valence-electron chi connectivity index (χ3n) is 3.46. The van der Waals surface area contributed by atoms with E-state index in [1.54, 1.807) is 37.4 Å². The molecular weight excluding hydrogens is 296 g/mol. The number of benzene rings is 2. The van der Waals surface area contributed by atoms with Gasteiger partial charge in [0.05, 0.1) is 12.6 Å². The zero-order valence-electron chi connectivity index (χ0n) is 12.3. The van der Waals surface area contributed by atoms with Gasteiger partial charge in [-0.05, 0) is 36.4 Å². The van der Waals surface area contributed by atoms with Gasteiger partial charge in [0.15, 0.2) is 0 Å². The molecule has 1 aromatic heterocycles. The van der Waals surface area contributed by atoms with Crippen molar-refractivity contribution in [1.29, 1.82) is 0 Å². The molecule has 1 heterocycles. The van der Waals surface area contributed by atoms with Gasteiger partial charge in [-0.15, -0.1) is 0 Å². The van der Waals surface area contributed by atoms with Crippen molar-refractivity contribution in [3.05, 3.63) is 64.4 Å². The molecule has 3 aromatic rings. The van der Waals surface area contributed by atoms with Crippen LogP contribution in [0.3, 0.4) is 0 Å². The second-order valence-electron chi connectivity index (χ2n) is 4.94. The Hall–Kier alpha value is -3.28. The molecule has 23 heavy (non-hydrogen) atoms. The smallest absolute Gasteiger partial charge is 0.261 e. The number of anilines is 1. The zero-order valence-corrected chi connectivity index (χ0v) is 12.3. The largest absolute Gasteiger partial charge is 0.508 e. The Labute approximate surface area is 131 Å². The number of fused-ring (bicyclic) bond motifs is 1. The van der Waals surface area contributed by atoms with Gasteiger partial charge in [0.1, 0.15) is 17.1 Å². The fourth-order valence-corrected chi connectivity index (χ4v) is 2.24. The van der Waals surface area contributed by atoms with Crippen molar-refractivity contribution in [3.63, 3.8) is 0 Å². The molecular formula is C17H14N2O4. The van der Waals surface area contributed by atoms with E-state index < -0.39 is 5.91 Å². The average Bonchev–Trinajstić information content (AvgIpc) is 2.56. The van der Waals surface area contributed by atoms with Gasteiger partial charge in [-0.2, -0.15) is 0 Å². The van der Waals surface area contributed by atoms with Gasteiger partial charge < -0.3 is 20.1 Å². The van der Waals surface area contributed by atoms with Crippen LogP contribution in [0.25, 0.3) is 10.9 Å². The second-order valence-corrected chi connectivity index (χ2v) is 4.94. The van der Waals surface area contributed by atoms with E-state index in [1.807, 2.05) is 0 Å². The summed E-state index contributed by atoms with van der Waals surface area (Å²) in [5.74, 6) is 0.199. The lowest BCUT2D eigenvalue weighted by Gasteiger charge is -2.07. The molecule has 2 aromatic carbocycles. The van der Waals surface area contributed by atoms with Crippen LogP contribution in [-0.2, 0) is 0 Å². The van der Waals surface area contributed by atoms with E-state index >= 15 is 0 Å². The van der Waals surface area contributed by atoms with E-state index in [-0.39, 0.29) is 16.7 Å². The standard InChI is InChI=1S/C17H14N2O4/c1-23-12-6-7-13-15(8-12)18-9-14(16(13)21)17(22)19-10-2-4-11(20)5-3-10/h2-9,20H,1H3,(H,18,21)(H,19,22). The highest BCUT2D eigenvalue weighted by Gasteiger charge is 2.13. The van der Waals surface area contributed by atoms with Crippen molar-refractivity contribution in [2.45, 2.75) is 0 Å². The third-order valence-corrected chi connectivity index (χ3v) is 3.46. The van der Waals surface area contributed by atoms with Crippen molar-refractivity contribution < 1.29 is 14.6 Å². The minimum atomic E-state index is -0.519.